The van der Waals surface area contributed by atoms with Crippen LogP contribution in [-0.2, 0) is 0 Å². The lowest BCUT2D eigenvalue weighted by molar-refractivity contribution is 0.111. The van der Waals surface area contributed by atoms with Crippen molar-refractivity contribution in [1.82, 2.24) is 0 Å². The first kappa shape index (κ1) is 11.0. The molecule has 1 rings (SSSR count). The molecule has 0 saturated carbocycles. The number of carbonyl (C=O) groups is 1. The molecule has 0 amide bonds. The molecule has 0 saturated heterocycles. The summed E-state index contributed by atoms with van der Waals surface area (Å²) in [5.74, 6) is -3.58. The fraction of sp³-hybridized carbons (Fsp3) is 0. The van der Waals surface area contributed by atoms with Gasteiger partial charge in [0.25, 0.3) is 0 Å². The topological polar surface area (TPSA) is 17.1 Å². The molecule has 0 spiro atoms. The summed E-state index contributed by atoms with van der Waals surface area (Å²) < 4.78 is 36.8. The van der Waals surface area contributed by atoms with E-state index in [2.05, 4.69) is 0 Å². The number of rotatable bonds is 1. The van der Waals surface area contributed by atoms with E-state index in [-0.39, 0.29) is 18.7 Å². The second kappa shape index (κ2) is 4.11. The molecule has 0 radical (unpaired) electrons. The van der Waals surface area contributed by atoms with Crippen molar-refractivity contribution in [2.45, 2.75) is 0 Å². The highest BCUT2D eigenvalue weighted by atomic mass is 35.5. The van der Waals surface area contributed by atoms with Crippen molar-refractivity contribution >= 4 is 18.7 Å². The van der Waals surface area contributed by atoms with E-state index < -0.39 is 23.0 Å². The molecule has 12 heavy (non-hydrogen) atoms. The zero-order chi connectivity index (χ0) is 8.43. The molecule has 1 nitrogen and oxygen atoms in total. The van der Waals surface area contributed by atoms with Crippen LogP contribution in [0.4, 0.5) is 13.2 Å². The predicted octanol–water partition coefficient (Wildman–Crippen LogP) is 2.34. The molecule has 0 aliphatic heterocycles. The summed E-state index contributed by atoms with van der Waals surface area (Å²) in [6.07, 6.45) is 0.123. The fourth-order valence-corrected chi connectivity index (χ4v) is 0.628. The molecule has 0 heterocycles. The van der Waals surface area contributed by atoms with Gasteiger partial charge in [0.1, 0.15) is 5.82 Å². The maximum Gasteiger partial charge on any atom is 0.161 e. The molecule has 1 aromatic rings. The number of hydrogen-bond donors (Lipinski definition) is 0. The molecule has 0 atom stereocenters. The first-order valence-electron chi connectivity index (χ1n) is 2.75. The van der Waals surface area contributed by atoms with Gasteiger partial charge in [0.05, 0.1) is 5.56 Å². The number of aldehydes is 1. The SMILES string of the molecule is Cl.O=Cc1cc(F)c(F)cc1F. The van der Waals surface area contributed by atoms with E-state index in [9.17, 15) is 18.0 Å². The van der Waals surface area contributed by atoms with Crippen LogP contribution in [0.3, 0.4) is 0 Å². The van der Waals surface area contributed by atoms with Gasteiger partial charge < -0.3 is 0 Å². The highest BCUT2D eigenvalue weighted by Crippen LogP contribution is 2.11. The standard InChI is InChI=1S/C7H3F3O.ClH/c8-5-2-7(10)6(9)1-4(5)3-11;/h1-3H;1H. The minimum Gasteiger partial charge on any atom is -0.298 e. The first-order valence-corrected chi connectivity index (χ1v) is 2.75. The monoisotopic (exact) mass is 196 g/mol. The van der Waals surface area contributed by atoms with E-state index in [1.807, 2.05) is 0 Å². The molecule has 0 fully saturated rings. The lowest BCUT2D eigenvalue weighted by Gasteiger charge is -1.94. The van der Waals surface area contributed by atoms with Crippen molar-refractivity contribution in [2.24, 2.45) is 0 Å². The van der Waals surface area contributed by atoms with Gasteiger partial charge in [0.2, 0.25) is 0 Å². The van der Waals surface area contributed by atoms with Gasteiger partial charge >= 0.3 is 0 Å². The van der Waals surface area contributed by atoms with E-state index in [1.165, 1.54) is 0 Å². The highest BCUT2D eigenvalue weighted by Gasteiger charge is 2.07. The minimum absolute atomic E-state index is 0. The molecule has 0 bridgehead atoms. The van der Waals surface area contributed by atoms with Crippen molar-refractivity contribution in [3.8, 4) is 0 Å². The fourth-order valence-electron chi connectivity index (χ4n) is 0.628. The molecular weight excluding hydrogens is 193 g/mol. The van der Waals surface area contributed by atoms with Crippen molar-refractivity contribution in [2.75, 3.05) is 0 Å². The largest absolute Gasteiger partial charge is 0.298 e. The summed E-state index contributed by atoms with van der Waals surface area (Å²) >= 11 is 0. The van der Waals surface area contributed by atoms with E-state index in [0.717, 1.165) is 0 Å². The number of hydrogen-bond acceptors (Lipinski definition) is 1. The van der Waals surface area contributed by atoms with Crippen molar-refractivity contribution in [1.29, 1.82) is 0 Å². The van der Waals surface area contributed by atoms with Gasteiger partial charge in [0, 0.05) is 6.07 Å². The maximum atomic E-state index is 12.4. The van der Waals surface area contributed by atoms with Crippen LogP contribution < -0.4 is 0 Å². The molecule has 0 aliphatic rings. The quantitative estimate of drug-likeness (QED) is 0.498. The van der Waals surface area contributed by atoms with Gasteiger partial charge in [-0.3, -0.25) is 4.79 Å². The predicted molar refractivity (Wildman–Crippen MR) is 39.0 cm³/mol. The molecule has 0 N–H and O–H groups in total. The van der Waals surface area contributed by atoms with E-state index >= 15 is 0 Å². The van der Waals surface area contributed by atoms with Crippen LogP contribution in [0.5, 0.6) is 0 Å². The van der Waals surface area contributed by atoms with E-state index in [4.69, 9.17) is 0 Å². The van der Waals surface area contributed by atoms with Crippen molar-refractivity contribution in [3.05, 3.63) is 35.1 Å². The zero-order valence-electron chi connectivity index (χ0n) is 5.68. The van der Waals surface area contributed by atoms with Crippen LogP contribution in [0.25, 0.3) is 0 Å². The Balaban J connectivity index is 0.00000121. The smallest absolute Gasteiger partial charge is 0.161 e. The molecule has 0 aliphatic carbocycles. The van der Waals surface area contributed by atoms with Crippen LogP contribution >= 0.6 is 12.4 Å². The third-order valence-corrected chi connectivity index (χ3v) is 1.17. The highest BCUT2D eigenvalue weighted by molar-refractivity contribution is 5.85. The Kier molecular flexibility index (Phi) is 3.76. The normalized spacial score (nSPS) is 8.92. The summed E-state index contributed by atoms with van der Waals surface area (Å²) in [5.41, 5.74) is -0.482. The molecule has 66 valence electrons. The van der Waals surface area contributed by atoms with Gasteiger partial charge in [-0.05, 0) is 6.07 Å². The molecular formula is C7H4ClF3O. The number of carbonyl (C=O) groups excluding carboxylic acids is 1. The van der Waals surface area contributed by atoms with Gasteiger partial charge in [-0.2, -0.15) is 0 Å². The van der Waals surface area contributed by atoms with Gasteiger partial charge in [-0.1, -0.05) is 0 Å². The number of halogens is 4. The molecule has 1 aromatic carbocycles. The first-order chi connectivity index (χ1) is 5.15. The summed E-state index contributed by atoms with van der Waals surface area (Å²) in [6, 6.07) is 0.844. The van der Waals surface area contributed by atoms with E-state index in [0.29, 0.717) is 12.1 Å². The minimum atomic E-state index is -1.30. The Hall–Kier alpha value is -1.03. The summed E-state index contributed by atoms with van der Waals surface area (Å²) in [6.45, 7) is 0. The van der Waals surface area contributed by atoms with Crippen molar-refractivity contribution in [3.63, 3.8) is 0 Å². The van der Waals surface area contributed by atoms with Crippen LogP contribution in [0.15, 0.2) is 12.1 Å². The summed E-state index contributed by atoms with van der Waals surface area (Å²) in [5, 5.41) is 0. The van der Waals surface area contributed by atoms with Crippen LogP contribution in [0.2, 0.25) is 0 Å². The van der Waals surface area contributed by atoms with Gasteiger partial charge in [0.15, 0.2) is 17.9 Å². The summed E-state index contributed by atoms with van der Waals surface area (Å²) in [4.78, 5) is 9.96. The Labute approximate surface area is 72.6 Å². The maximum absolute atomic E-state index is 12.4. The van der Waals surface area contributed by atoms with Crippen LogP contribution in [-0.4, -0.2) is 6.29 Å². The van der Waals surface area contributed by atoms with Crippen molar-refractivity contribution < 1.29 is 18.0 Å². The second-order valence-corrected chi connectivity index (χ2v) is 1.91. The van der Waals surface area contributed by atoms with Gasteiger partial charge in [-0.25, -0.2) is 13.2 Å². The lowest BCUT2D eigenvalue weighted by Crippen LogP contribution is -1.92. The second-order valence-electron chi connectivity index (χ2n) is 1.91. The third kappa shape index (κ3) is 1.98. The zero-order valence-corrected chi connectivity index (χ0v) is 6.50. The Morgan fingerprint density at radius 2 is 1.50 bits per heavy atom. The Bertz CT molecular complexity index is 301. The lowest BCUT2D eigenvalue weighted by atomic mass is 10.2. The third-order valence-electron chi connectivity index (χ3n) is 1.17. The average molecular weight is 197 g/mol. The molecule has 0 aromatic heterocycles. The Morgan fingerprint density at radius 1 is 1.00 bits per heavy atom. The molecule has 0 unspecified atom stereocenters. The van der Waals surface area contributed by atoms with Crippen LogP contribution in [0, 0.1) is 17.5 Å². The molecule has 5 heteroatoms. The Morgan fingerprint density at radius 3 is 2.00 bits per heavy atom. The number of benzene rings is 1. The van der Waals surface area contributed by atoms with Gasteiger partial charge in [-0.15, -0.1) is 12.4 Å². The van der Waals surface area contributed by atoms with E-state index in [1.54, 1.807) is 0 Å². The average Bonchev–Trinajstić information content (AvgIpc) is 1.97. The summed E-state index contributed by atoms with van der Waals surface area (Å²) in [7, 11) is 0. The van der Waals surface area contributed by atoms with Crippen LogP contribution in [0.1, 0.15) is 10.4 Å².